The Morgan fingerprint density at radius 3 is 2.68 bits per heavy atom. The molecule has 3 aromatic rings. The molecule has 1 unspecified atom stereocenters. The van der Waals surface area contributed by atoms with Crippen molar-refractivity contribution < 1.29 is 9.90 Å². The molecule has 1 aliphatic heterocycles. The SMILES string of the molecule is O=C1Nc2c(Br)cc(Br)cc2C1(O)c1c[nH]c2ccccc12. The number of hydrogen-bond acceptors (Lipinski definition) is 2. The van der Waals surface area contributed by atoms with Crippen LogP contribution in [0.1, 0.15) is 11.1 Å². The van der Waals surface area contributed by atoms with Gasteiger partial charge in [-0.2, -0.15) is 0 Å². The number of carbonyl (C=O) groups is 1. The predicted molar refractivity (Wildman–Crippen MR) is 91.8 cm³/mol. The lowest BCUT2D eigenvalue weighted by molar-refractivity contribution is -0.129. The van der Waals surface area contributed by atoms with Crippen LogP contribution in [0.4, 0.5) is 5.69 Å². The van der Waals surface area contributed by atoms with Gasteiger partial charge in [0.2, 0.25) is 0 Å². The molecule has 0 aliphatic carbocycles. The first kappa shape index (κ1) is 14.0. The van der Waals surface area contributed by atoms with E-state index in [9.17, 15) is 9.90 Å². The second-order valence-corrected chi connectivity index (χ2v) is 6.99. The Balaban J connectivity index is 2.05. The molecular weight excluding hydrogens is 412 g/mol. The van der Waals surface area contributed by atoms with Crippen LogP contribution in [-0.2, 0) is 10.4 Å². The van der Waals surface area contributed by atoms with Crippen LogP contribution in [0.3, 0.4) is 0 Å². The molecule has 1 aromatic heterocycles. The number of fused-ring (bicyclic) bond motifs is 2. The third-order valence-electron chi connectivity index (χ3n) is 3.99. The second-order valence-electron chi connectivity index (χ2n) is 5.22. The number of carbonyl (C=O) groups excluding carboxylic acids is 1. The van der Waals surface area contributed by atoms with Crippen molar-refractivity contribution in [2.45, 2.75) is 5.60 Å². The first-order valence-corrected chi connectivity index (χ1v) is 8.20. The van der Waals surface area contributed by atoms with Crippen molar-refractivity contribution in [1.82, 2.24) is 4.98 Å². The van der Waals surface area contributed by atoms with Gasteiger partial charge in [0.05, 0.1) is 5.69 Å². The first-order valence-electron chi connectivity index (χ1n) is 6.62. The summed E-state index contributed by atoms with van der Waals surface area (Å²) in [5.41, 5.74) is 0.830. The van der Waals surface area contributed by atoms with Gasteiger partial charge < -0.3 is 15.4 Å². The van der Waals surface area contributed by atoms with E-state index >= 15 is 0 Å². The summed E-state index contributed by atoms with van der Waals surface area (Å²) in [6, 6.07) is 11.2. The average molecular weight is 422 g/mol. The minimum absolute atomic E-state index is 0.453. The summed E-state index contributed by atoms with van der Waals surface area (Å²) >= 11 is 6.84. The number of H-pyrrole nitrogens is 1. The highest BCUT2D eigenvalue weighted by Crippen LogP contribution is 2.47. The fourth-order valence-corrected chi connectivity index (χ4v) is 4.27. The summed E-state index contributed by atoms with van der Waals surface area (Å²) in [5, 5.41) is 14.8. The number of amides is 1. The molecule has 2 heterocycles. The van der Waals surface area contributed by atoms with Gasteiger partial charge in [-0.05, 0) is 34.1 Å². The van der Waals surface area contributed by atoms with Crippen LogP contribution in [0.25, 0.3) is 10.9 Å². The van der Waals surface area contributed by atoms with Gasteiger partial charge in [0.15, 0.2) is 5.60 Å². The van der Waals surface area contributed by atoms with Crippen molar-refractivity contribution in [3.63, 3.8) is 0 Å². The quantitative estimate of drug-likeness (QED) is 0.558. The average Bonchev–Trinajstić information content (AvgIpc) is 3.02. The minimum Gasteiger partial charge on any atom is -0.372 e. The Hall–Kier alpha value is -1.63. The Morgan fingerprint density at radius 2 is 1.86 bits per heavy atom. The van der Waals surface area contributed by atoms with E-state index in [4.69, 9.17) is 0 Å². The van der Waals surface area contributed by atoms with Gasteiger partial charge in [0, 0.05) is 37.2 Å². The van der Waals surface area contributed by atoms with Crippen molar-refractivity contribution in [3.8, 4) is 0 Å². The van der Waals surface area contributed by atoms with Crippen molar-refractivity contribution in [2.24, 2.45) is 0 Å². The number of benzene rings is 2. The Labute approximate surface area is 142 Å². The maximum absolute atomic E-state index is 12.5. The third kappa shape index (κ3) is 1.74. The number of nitrogens with one attached hydrogen (secondary N) is 2. The molecule has 110 valence electrons. The molecule has 0 bridgehead atoms. The van der Waals surface area contributed by atoms with E-state index < -0.39 is 11.5 Å². The Morgan fingerprint density at radius 1 is 1.09 bits per heavy atom. The molecule has 0 radical (unpaired) electrons. The van der Waals surface area contributed by atoms with E-state index in [-0.39, 0.29) is 0 Å². The molecule has 4 nitrogen and oxygen atoms in total. The van der Waals surface area contributed by atoms with E-state index in [2.05, 4.69) is 42.2 Å². The van der Waals surface area contributed by atoms with Crippen molar-refractivity contribution in [1.29, 1.82) is 0 Å². The summed E-state index contributed by atoms with van der Waals surface area (Å²) in [7, 11) is 0. The van der Waals surface area contributed by atoms with Crippen molar-refractivity contribution in [2.75, 3.05) is 5.32 Å². The highest BCUT2D eigenvalue weighted by molar-refractivity contribution is 9.11. The fourth-order valence-electron chi connectivity index (χ4n) is 2.95. The van der Waals surface area contributed by atoms with E-state index in [1.54, 1.807) is 12.3 Å². The number of aromatic nitrogens is 1. The fraction of sp³-hybridized carbons (Fsp3) is 0.0625. The summed E-state index contributed by atoms with van der Waals surface area (Å²) in [6.45, 7) is 0. The molecule has 3 N–H and O–H groups in total. The molecule has 22 heavy (non-hydrogen) atoms. The molecule has 0 saturated carbocycles. The minimum atomic E-state index is -1.72. The van der Waals surface area contributed by atoms with Gasteiger partial charge in [-0.3, -0.25) is 4.79 Å². The zero-order valence-corrected chi connectivity index (χ0v) is 14.3. The molecular formula is C16H10Br2N2O2. The molecule has 1 aliphatic rings. The van der Waals surface area contributed by atoms with Crippen molar-refractivity contribution in [3.05, 3.63) is 62.7 Å². The second kappa shape index (κ2) is 4.68. The topological polar surface area (TPSA) is 65.1 Å². The van der Waals surface area contributed by atoms with E-state index in [1.165, 1.54) is 0 Å². The molecule has 0 saturated heterocycles. The summed E-state index contributed by atoms with van der Waals surface area (Å²) in [6.07, 6.45) is 1.69. The number of aliphatic hydroxyl groups is 1. The maximum Gasteiger partial charge on any atom is 0.265 e. The van der Waals surface area contributed by atoms with E-state index in [1.807, 2.05) is 30.3 Å². The Kier molecular flexibility index (Phi) is 2.98. The molecule has 4 rings (SSSR count). The number of halogens is 2. The number of para-hydroxylation sites is 1. The van der Waals surface area contributed by atoms with Gasteiger partial charge in [-0.25, -0.2) is 0 Å². The zero-order chi connectivity index (χ0) is 15.5. The van der Waals surface area contributed by atoms with Gasteiger partial charge in [-0.15, -0.1) is 0 Å². The van der Waals surface area contributed by atoms with Crippen LogP contribution in [-0.4, -0.2) is 16.0 Å². The molecule has 0 spiro atoms. The van der Waals surface area contributed by atoms with Crippen LogP contribution >= 0.6 is 31.9 Å². The molecule has 1 atom stereocenters. The lowest BCUT2D eigenvalue weighted by atomic mass is 9.87. The lowest BCUT2D eigenvalue weighted by Crippen LogP contribution is -2.35. The molecule has 2 aromatic carbocycles. The molecule has 1 amide bonds. The van der Waals surface area contributed by atoms with Gasteiger partial charge in [-0.1, -0.05) is 34.1 Å². The van der Waals surface area contributed by atoms with Crippen LogP contribution in [0.2, 0.25) is 0 Å². The van der Waals surface area contributed by atoms with E-state index in [0.29, 0.717) is 16.8 Å². The van der Waals surface area contributed by atoms with Gasteiger partial charge >= 0.3 is 0 Å². The zero-order valence-electron chi connectivity index (χ0n) is 11.2. The van der Waals surface area contributed by atoms with Crippen molar-refractivity contribution >= 4 is 54.4 Å². The largest absolute Gasteiger partial charge is 0.372 e. The molecule has 6 heteroatoms. The monoisotopic (exact) mass is 420 g/mol. The highest BCUT2D eigenvalue weighted by Gasteiger charge is 2.49. The summed E-state index contributed by atoms with van der Waals surface area (Å²) in [5.74, 6) is -0.453. The highest BCUT2D eigenvalue weighted by atomic mass is 79.9. The normalized spacial score (nSPS) is 20.2. The first-order chi connectivity index (χ1) is 10.5. The predicted octanol–water partition coefficient (Wildman–Crippen LogP) is 3.88. The van der Waals surface area contributed by atoms with Crippen LogP contribution in [0, 0.1) is 0 Å². The number of anilines is 1. The molecule has 0 fully saturated rings. The lowest BCUT2D eigenvalue weighted by Gasteiger charge is -2.20. The standard InChI is InChI=1S/C16H10Br2N2O2/c17-8-5-10-14(12(18)6-8)20-15(21)16(10,22)11-7-19-13-4-2-1-3-9(11)13/h1-7,19,22H,(H,20,21). The van der Waals surface area contributed by atoms with Gasteiger partial charge in [0.25, 0.3) is 5.91 Å². The Bertz CT molecular complexity index is 935. The smallest absolute Gasteiger partial charge is 0.265 e. The van der Waals surface area contributed by atoms with E-state index in [0.717, 1.165) is 19.8 Å². The number of aromatic amines is 1. The van der Waals surface area contributed by atoms with Crippen LogP contribution < -0.4 is 5.32 Å². The number of hydrogen-bond donors (Lipinski definition) is 3. The van der Waals surface area contributed by atoms with Gasteiger partial charge in [0.1, 0.15) is 0 Å². The van der Waals surface area contributed by atoms with Crippen LogP contribution in [0.5, 0.6) is 0 Å². The third-order valence-corrected chi connectivity index (χ3v) is 5.07. The van der Waals surface area contributed by atoms with Crippen LogP contribution in [0.15, 0.2) is 51.5 Å². The number of rotatable bonds is 1. The summed E-state index contributed by atoms with van der Waals surface area (Å²) < 4.78 is 1.51. The maximum atomic E-state index is 12.5. The summed E-state index contributed by atoms with van der Waals surface area (Å²) in [4.78, 5) is 15.7.